The highest BCUT2D eigenvalue weighted by Gasteiger charge is 2.27. The molecule has 17 heavy (non-hydrogen) atoms. The van der Waals surface area contributed by atoms with Gasteiger partial charge in [0.25, 0.3) is 0 Å². The van der Waals surface area contributed by atoms with Crippen molar-refractivity contribution in [2.75, 3.05) is 5.32 Å². The minimum Gasteiger partial charge on any atom is -0.380 e. The lowest BCUT2D eigenvalue weighted by molar-refractivity contribution is 0.533. The van der Waals surface area contributed by atoms with E-state index in [4.69, 9.17) is 0 Å². The van der Waals surface area contributed by atoms with Crippen molar-refractivity contribution < 1.29 is 0 Å². The maximum atomic E-state index is 3.71. The van der Waals surface area contributed by atoms with Gasteiger partial charge in [0.2, 0.25) is 0 Å². The van der Waals surface area contributed by atoms with Gasteiger partial charge in [-0.1, -0.05) is 43.2 Å². The van der Waals surface area contributed by atoms with Crippen LogP contribution in [0.15, 0.2) is 42.5 Å². The first-order valence-electron chi connectivity index (χ1n) is 6.52. The van der Waals surface area contributed by atoms with Crippen LogP contribution in [0.3, 0.4) is 0 Å². The van der Waals surface area contributed by atoms with Crippen molar-refractivity contribution in [2.45, 2.75) is 38.1 Å². The average molecular weight is 225 g/mol. The second kappa shape index (κ2) is 4.06. The van der Waals surface area contributed by atoms with Gasteiger partial charge in [0.15, 0.2) is 0 Å². The Balaban J connectivity index is 1.90. The van der Waals surface area contributed by atoms with Crippen LogP contribution in [-0.2, 0) is 0 Å². The maximum Gasteiger partial charge on any atom is 0.0350 e. The van der Waals surface area contributed by atoms with E-state index in [1.54, 1.807) is 0 Å². The molecule has 0 heterocycles. The summed E-state index contributed by atoms with van der Waals surface area (Å²) in [5.41, 5.74) is 1.57. The molecule has 1 aliphatic rings. The largest absolute Gasteiger partial charge is 0.380 e. The lowest BCUT2D eigenvalue weighted by Crippen LogP contribution is -2.30. The average Bonchev–Trinajstić information content (AvgIpc) is 2.76. The van der Waals surface area contributed by atoms with Crippen molar-refractivity contribution >= 4 is 16.5 Å². The Labute approximate surface area is 103 Å². The molecule has 1 aliphatic carbocycles. The van der Waals surface area contributed by atoms with Crippen molar-refractivity contribution in [1.82, 2.24) is 0 Å². The van der Waals surface area contributed by atoms with Gasteiger partial charge in [-0.2, -0.15) is 0 Å². The monoisotopic (exact) mass is 225 g/mol. The van der Waals surface area contributed by atoms with Crippen LogP contribution in [0.25, 0.3) is 10.8 Å². The second-order valence-corrected chi connectivity index (χ2v) is 5.45. The molecule has 2 aromatic carbocycles. The number of anilines is 1. The van der Waals surface area contributed by atoms with E-state index >= 15 is 0 Å². The molecule has 0 radical (unpaired) electrons. The summed E-state index contributed by atoms with van der Waals surface area (Å²) in [5.74, 6) is 0. The summed E-state index contributed by atoms with van der Waals surface area (Å²) >= 11 is 0. The molecule has 0 aliphatic heterocycles. The summed E-state index contributed by atoms with van der Waals surface area (Å²) in [4.78, 5) is 0. The fraction of sp³-hybridized carbons (Fsp3) is 0.375. The van der Waals surface area contributed by atoms with E-state index in [-0.39, 0.29) is 0 Å². The molecular formula is C16H19N. The normalized spacial score (nSPS) is 18.4. The molecule has 0 saturated heterocycles. The summed E-state index contributed by atoms with van der Waals surface area (Å²) in [5, 5.41) is 6.34. The van der Waals surface area contributed by atoms with E-state index in [0.717, 1.165) is 0 Å². The van der Waals surface area contributed by atoms with Crippen molar-refractivity contribution in [3.05, 3.63) is 42.5 Å². The summed E-state index contributed by atoms with van der Waals surface area (Å²) in [6.45, 7) is 2.34. The third-order valence-corrected chi connectivity index (χ3v) is 3.90. The van der Waals surface area contributed by atoms with Gasteiger partial charge in [-0.3, -0.25) is 0 Å². The zero-order valence-corrected chi connectivity index (χ0v) is 10.4. The quantitative estimate of drug-likeness (QED) is 0.788. The van der Waals surface area contributed by atoms with Gasteiger partial charge < -0.3 is 5.32 Å². The fourth-order valence-electron chi connectivity index (χ4n) is 2.90. The van der Waals surface area contributed by atoms with E-state index < -0.39 is 0 Å². The first-order chi connectivity index (χ1) is 8.25. The van der Waals surface area contributed by atoms with Gasteiger partial charge in [-0.25, -0.2) is 0 Å². The molecule has 0 spiro atoms. The molecule has 88 valence electrons. The third-order valence-electron chi connectivity index (χ3n) is 3.90. The minimum absolute atomic E-state index is 0.308. The topological polar surface area (TPSA) is 12.0 Å². The first-order valence-corrected chi connectivity index (χ1v) is 6.52. The highest BCUT2D eigenvalue weighted by atomic mass is 15.0. The molecular weight excluding hydrogens is 206 g/mol. The Morgan fingerprint density at radius 1 is 0.941 bits per heavy atom. The van der Waals surface area contributed by atoms with Crippen LogP contribution in [0.5, 0.6) is 0 Å². The Morgan fingerprint density at radius 2 is 1.65 bits per heavy atom. The van der Waals surface area contributed by atoms with E-state index in [1.807, 2.05) is 0 Å². The van der Waals surface area contributed by atoms with Crippen LogP contribution in [0.2, 0.25) is 0 Å². The Hall–Kier alpha value is -1.50. The van der Waals surface area contributed by atoms with E-state index in [9.17, 15) is 0 Å². The van der Waals surface area contributed by atoms with E-state index in [0.29, 0.717) is 5.54 Å². The van der Waals surface area contributed by atoms with Gasteiger partial charge in [0.05, 0.1) is 0 Å². The number of nitrogens with one attached hydrogen (secondary N) is 1. The lowest BCUT2D eigenvalue weighted by Gasteiger charge is -2.26. The number of rotatable bonds is 2. The van der Waals surface area contributed by atoms with Gasteiger partial charge in [-0.05, 0) is 42.7 Å². The molecule has 3 rings (SSSR count). The highest BCUT2D eigenvalue weighted by Crippen LogP contribution is 2.33. The Morgan fingerprint density at radius 3 is 2.41 bits per heavy atom. The van der Waals surface area contributed by atoms with Crippen LogP contribution < -0.4 is 5.32 Å². The van der Waals surface area contributed by atoms with Crippen molar-refractivity contribution in [3.8, 4) is 0 Å². The Kier molecular flexibility index (Phi) is 2.54. The standard InChI is InChI=1S/C16H19N/c1-16(10-4-5-11-16)17-15-9-8-13-6-2-3-7-14(13)12-15/h2-3,6-9,12,17H,4-5,10-11H2,1H3. The predicted octanol–water partition coefficient (Wildman–Crippen LogP) is 4.58. The second-order valence-electron chi connectivity index (χ2n) is 5.45. The molecule has 0 unspecified atom stereocenters. The van der Waals surface area contributed by atoms with Gasteiger partial charge in [0.1, 0.15) is 0 Å². The highest BCUT2D eigenvalue weighted by molar-refractivity contribution is 5.85. The number of hydrogen-bond acceptors (Lipinski definition) is 1. The fourth-order valence-corrected chi connectivity index (χ4v) is 2.90. The molecule has 0 atom stereocenters. The van der Waals surface area contributed by atoms with Gasteiger partial charge in [-0.15, -0.1) is 0 Å². The SMILES string of the molecule is CC1(Nc2ccc3ccccc3c2)CCCC1. The first kappa shape index (κ1) is 10.6. The molecule has 0 bridgehead atoms. The molecule has 0 amide bonds. The van der Waals surface area contributed by atoms with Crippen LogP contribution in [-0.4, -0.2) is 5.54 Å². The zero-order valence-electron chi connectivity index (χ0n) is 10.4. The predicted molar refractivity (Wildman–Crippen MR) is 74.4 cm³/mol. The maximum absolute atomic E-state index is 3.71. The van der Waals surface area contributed by atoms with Gasteiger partial charge >= 0.3 is 0 Å². The van der Waals surface area contributed by atoms with Crippen LogP contribution >= 0.6 is 0 Å². The van der Waals surface area contributed by atoms with E-state index in [2.05, 4.69) is 54.7 Å². The van der Waals surface area contributed by atoms with Crippen molar-refractivity contribution in [1.29, 1.82) is 0 Å². The third kappa shape index (κ3) is 2.14. The summed E-state index contributed by atoms with van der Waals surface area (Å²) in [6.07, 6.45) is 5.30. The van der Waals surface area contributed by atoms with Crippen molar-refractivity contribution in [3.63, 3.8) is 0 Å². The summed E-state index contributed by atoms with van der Waals surface area (Å²) < 4.78 is 0. The molecule has 1 fully saturated rings. The number of fused-ring (bicyclic) bond motifs is 1. The zero-order chi connectivity index (χ0) is 11.7. The number of benzene rings is 2. The summed E-state index contributed by atoms with van der Waals surface area (Å²) in [6, 6.07) is 15.2. The van der Waals surface area contributed by atoms with Crippen LogP contribution in [0.4, 0.5) is 5.69 Å². The van der Waals surface area contributed by atoms with Crippen LogP contribution in [0, 0.1) is 0 Å². The van der Waals surface area contributed by atoms with E-state index in [1.165, 1.54) is 42.1 Å². The molecule has 0 aromatic heterocycles. The summed E-state index contributed by atoms with van der Waals surface area (Å²) in [7, 11) is 0. The van der Waals surface area contributed by atoms with Crippen LogP contribution in [0.1, 0.15) is 32.6 Å². The lowest BCUT2D eigenvalue weighted by atomic mass is 10.00. The van der Waals surface area contributed by atoms with Crippen molar-refractivity contribution in [2.24, 2.45) is 0 Å². The molecule has 1 nitrogen and oxygen atoms in total. The smallest absolute Gasteiger partial charge is 0.0350 e. The molecule has 2 aromatic rings. The molecule has 1 N–H and O–H groups in total. The number of hydrogen-bond donors (Lipinski definition) is 1. The van der Waals surface area contributed by atoms with Gasteiger partial charge in [0, 0.05) is 11.2 Å². The Bertz CT molecular complexity index is 524. The minimum atomic E-state index is 0.308. The molecule has 1 heteroatoms. The molecule has 1 saturated carbocycles.